The van der Waals surface area contributed by atoms with Crippen LogP contribution in [0.3, 0.4) is 0 Å². The molecule has 3 rings (SSSR count). The molecule has 0 aliphatic rings. The fourth-order valence-electron chi connectivity index (χ4n) is 2.33. The number of carbonyl (C=O) groups excluding carboxylic acids is 1. The number of nitrogens with zero attached hydrogens (tertiary/aromatic N) is 3. The first kappa shape index (κ1) is 16.9. The molecule has 0 saturated heterocycles. The number of benzene rings is 1. The van der Waals surface area contributed by atoms with E-state index in [1.54, 1.807) is 31.2 Å². The van der Waals surface area contributed by atoms with Gasteiger partial charge in [0.25, 0.3) is 5.91 Å². The number of carbonyl (C=O) groups is 2. The molecule has 3 aromatic rings. The zero-order valence-corrected chi connectivity index (χ0v) is 14.6. The lowest BCUT2D eigenvalue weighted by atomic mass is 10.1. The van der Waals surface area contributed by atoms with Crippen molar-refractivity contribution in [2.45, 2.75) is 13.5 Å². The zero-order chi connectivity index (χ0) is 18.0. The average molecular weight is 405 g/mol. The highest BCUT2D eigenvalue weighted by molar-refractivity contribution is 9.10. The number of carboxylic acid groups (broad SMARTS) is 1. The van der Waals surface area contributed by atoms with Gasteiger partial charge in [0.2, 0.25) is 5.76 Å². The Kier molecular flexibility index (Phi) is 4.66. The average Bonchev–Trinajstić information content (AvgIpc) is 3.22. The van der Waals surface area contributed by atoms with Gasteiger partial charge < -0.3 is 14.8 Å². The van der Waals surface area contributed by atoms with Crippen LogP contribution in [0.2, 0.25) is 0 Å². The lowest BCUT2D eigenvalue weighted by Crippen LogP contribution is -2.24. The van der Waals surface area contributed by atoms with Gasteiger partial charge in [-0.05, 0) is 31.2 Å². The molecule has 25 heavy (non-hydrogen) atoms. The SMILES string of the molecule is Cc1cc(CNC(=O)c2ccc(Br)cc2-n2cncn2)oc1C(=O)O. The summed E-state index contributed by atoms with van der Waals surface area (Å²) in [6, 6.07) is 6.74. The van der Waals surface area contributed by atoms with Crippen LogP contribution in [0.15, 0.2) is 45.8 Å². The van der Waals surface area contributed by atoms with Crippen molar-refractivity contribution in [3.05, 3.63) is 64.0 Å². The molecule has 0 aliphatic heterocycles. The van der Waals surface area contributed by atoms with Crippen molar-refractivity contribution in [1.29, 1.82) is 0 Å². The molecule has 0 radical (unpaired) electrons. The van der Waals surface area contributed by atoms with E-state index in [0.29, 0.717) is 22.6 Å². The van der Waals surface area contributed by atoms with Crippen LogP contribution < -0.4 is 5.32 Å². The highest BCUT2D eigenvalue weighted by Crippen LogP contribution is 2.20. The summed E-state index contributed by atoms with van der Waals surface area (Å²) in [5.74, 6) is -1.25. The number of aromatic carboxylic acids is 1. The van der Waals surface area contributed by atoms with E-state index in [1.807, 2.05) is 0 Å². The molecule has 0 atom stereocenters. The smallest absolute Gasteiger partial charge is 0.372 e. The Morgan fingerprint density at radius 2 is 2.16 bits per heavy atom. The van der Waals surface area contributed by atoms with E-state index in [4.69, 9.17) is 9.52 Å². The summed E-state index contributed by atoms with van der Waals surface area (Å²) in [6.07, 6.45) is 2.87. The molecule has 8 nitrogen and oxygen atoms in total. The Balaban J connectivity index is 1.80. The number of hydrogen-bond donors (Lipinski definition) is 2. The van der Waals surface area contributed by atoms with Gasteiger partial charge in [-0.1, -0.05) is 15.9 Å². The van der Waals surface area contributed by atoms with Gasteiger partial charge in [-0.3, -0.25) is 4.79 Å². The van der Waals surface area contributed by atoms with E-state index in [1.165, 1.54) is 17.3 Å². The van der Waals surface area contributed by atoms with Gasteiger partial charge in [0.05, 0.1) is 17.8 Å². The number of carboxylic acids is 1. The molecule has 0 saturated carbocycles. The van der Waals surface area contributed by atoms with Crippen LogP contribution in [0.5, 0.6) is 0 Å². The van der Waals surface area contributed by atoms with E-state index in [0.717, 1.165) is 4.47 Å². The lowest BCUT2D eigenvalue weighted by Gasteiger charge is -2.10. The Morgan fingerprint density at radius 1 is 1.36 bits per heavy atom. The molecule has 0 fully saturated rings. The molecule has 1 aromatic carbocycles. The highest BCUT2D eigenvalue weighted by atomic mass is 79.9. The first-order valence-corrected chi connectivity index (χ1v) is 8.00. The van der Waals surface area contributed by atoms with Gasteiger partial charge in [-0.25, -0.2) is 14.5 Å². The second-order valence-electron chi connectivity index (χ2n) is 5.21. The van der Waals surface area contributed by atoms with Crippen LogP contribution in [-0.4, -0.2) is 31.7 Å². The summed E-state index contributed by atoms with van der Waals surface area (Å²) in [5.41, 5.74) is 1.46. The van der Waals surface area contributed by atoms with Crippen molar-refractivity contribution in [3.8, 4) is 5.69 Å². The van der Waals surface area contributed by atoms with Gasteiger partial charge in [0, 0.05) is 10.0 Å². The Bertz CT molecular complexity index is 934. The van der Waals surface area contributed by atoms with Crippen molar-refractivity contribution in [2.75, 3.05) is 0 Å². The van der Waals surface area contributed by atoms with Crippen LogP contribution in [0.1, 0.15) is 32.2 Å². The van der Waals surface area contributed by atoms with Gasteiger partial charge in [0.1, 0.15) is 18.4 Å². The number of rotatable bonds is 5. The molecule has 0 bridgehead atoms. The number of aryl methyl sites for hydroxylation is 1. The second kappa shape index (κ2) is 6.89. The first-order valence-electron chi connectivity index (χ1n) is 7.21. The van der Waals surface area contributed by atoms with Crippen LogP contribution in [0.4, 0.5) is 0 Å². The van der Waals surface area contributed by atoms with E-state index in [-0.39, 0.29) is 18.2 Å². The minimum Gasteiger partial charge on any atom is -0.475 e. The number of nitrogens with one attached hydrogen (secondary N) is 1. The van der Waals surface area contributed by atoms with E-state index < -0.39 is 5.97 Å². The quantitative estimate of drug-likeness (QED) is 0.675. The van der Waals surface area contributed by atoms with Crippen LogP contribution >= 0.6 is 15.9 Å². The van der Waals surface area contributed by atoms with Crippen LogP contribution in [0.25, 0.3) is 5.69 Å². The Morgan fingerprint density at radius 3 is 2.80 bits per heavy atom. The summed E-state index contributed by atoms with van der Waals surface area (Å²) in [4.78, 5) is 27.4. The first-order chi connectivity index (χ1) is 12.0. The van der Waals surface area contributed by atoms with Crippen LogP contribution in [-0.2, 0) is 6.54 Å². The largest absolute Gasteiger partial charge is 0.475 e. The monoisotopic (exact) mass is 404 g/mol. The highest BCUT2D eigenvalue weighted by Gasteiger charge is 2.17. The minimum absolute atomic E-state index is 0.0693. The maximum Gasteiger partial charge on any atom is 0.372 e. The molecular weight excluding hydrogens is 392 g/mol. The second-order valence-corrected chi connectivity index (χ2v) is 6.13. The Hall–Kier alpha value is -2.94. The van der Waals surface area contributed by atoms with E-state index in [9.17, 15) is 9.59 Å². The molecular formula is C16H13BrN4O4. The third kappa shape index (κ3) is 3.61. The normalized spacial score (nSPS) is 10.6. The zero-order valence-electron chi connectivity index (χ0n) is 13.1. The molecule has 0 spiro atoms. The van der Waals surface area contributed by atoms with Crippen molar-refractivity contribution >= 4 is 27.8 Å². The number of hydrogen-bond acceptors (Lipinski definition) is 5. The lowest BCUT2D eigenvalue weighted by molar-refractivity contribution is 0.0659. The number of furan rings is 1. The van der Waals surface area contributed by atoms with Crippen molar-refractivity contribution in [1.82, 2.24) is 20.1 Å². The van der Waals surface area contributed by atoms with Crippen molar-refractivity contribution in [2.24, 2.45) is 0 Å². The molecule has 9 heteroatoms. The predicted octanol–water partition coefficient (Wildman–Crippen LogP) is 2.56. The molecule has 2 N–H and O–H groups in total. The number of halogens is 1. The summed E-state index contributed by atoms with van der Waals surface area (Å²) in [6.45, 7) is 1.70. The molecule has 2 heterocycles. The van der Waals surface area contributed by atoms with Crippen molar-refractivity contribution < 1.29 is 19.1 Å². The van der Waals surface area contributed by atoms with Gasteiger partial charge in [-0.15, -0.1) is 0 Å². The molecule has 0 unspecified atom stereocenters. The van der Waals surface area contributed by atoms with E-state index in [2.05, 4.69) is 31.3 Å². The summed E-state index contributed by atoms with van der Waals surface area (Å²) in [7, 11) is 0. The summed E-state index contributed by atoms with van der Waals surface area (Å²) >= 11 is 3.37. The van der Waals surface area contributed by atoms with Crippen LogP contribution in [0, 0.1) is 6.92 Å². The van der Waals surface area contributed by atoms with Gasteiger partial charge in [0.15, 0.2) is 0 Å². The van der Waals surface area contributed by atoms with Crippen molar-refractivity contribution in [3.63, 3.8) is 0 Å². The fourth-order valence-corrected chi connectivity index (χ4v) is 2.68. The Labute approximate surface area is 150 Å². The number of aromatic nitrogens is 3. The molecule has 128 valence electrons. The van der Waals surface area contributed by atoms with Gasteiger partial charge >= 0.3 is 5.97 Å². The maximum atomic E-state index is 12.5. The van der Waals surface area contributed by atoms with Gasteiger partial charge in [-0.2, -0.15) is 5.10 Å². The third-order valence-electron chi connectivity index (χ3n) is 3.46. The molecule has 0 aliphatic carbocycles. The summed E-state index contributed by atoms with van der Waals surface area (Å²) in [5, 5.41) is 15.8. The number of amides is 1. The third-order valence-corrected chi connectivity index (χ3v) is 3.95. The predicted molar refractivity (Wildman–Crippen MR) is 90.6 cm³/mol. The summed E-state index contributed by atoms with van der Waals surface area (Å²) < 4.78 is 7.51. The molecule has 1 amide bonds. The van der Waals surface area contributed by atoms with E-state index >= 15 is 0 Å². The fraction of sp³-hybridized carbons (Fsp3) is 0.125. The molecule has 2 aromatic heterocycles. The standard InChI is InChI=1S/C16H13BrN4O4/c1-9-4-11(25-14(9)16(23)24)6-19-15(22)12-3-2-10(17)5-13(12)21-8-18-7-20-21/h2-5,7-8H,6H2,1H3,(H,19,22)(H,23,24). The maximum absolute atomic E-state index is 12.5. The topological polar surface area (TPSA) is 110 Å². The minimum atomic E-state index is -1.14.